The summed E-state index contributed by atoms with van der Waals surface area (Å²) in [7, 11) is 0. The van der Waals surface area contributed by atoms with Crippen LogP contribution in [0, 0.1) is 0 Å². The van der Waals surface area contributed by atoms with E-state index in [0.717, 1.165) is 22.7 Å². The maximum atomic E-state index is 5.84. The monoisotopic (exact) mass is 414 g/mol. The van der Waals surface area contributed by atoms with Gasteiger partial charge in [0.05, 0.1) is 11.0 Å². The molecule has 2 aromatic heterocycles. The fraction of sp³-hybridized carbons (Fsp3) is 0. The molecule has 0 bridgehead atoms. The van der Waals surface area contributed by atoms with Crippen molar-refractivity contribution < 1.29 is 0 Å². The number of rotatable bonds is 3. The maximum absolute atomic E-state index is 5.84. The fourth-order valence-corrected chi connectivity index (χ4v) is 4.36. The van der Waals surface area contributed by atoms with Gasteiger partial charge in [0.2, 0.25) is 0 Å². The van der Waals surface area contributed by atoms with Crippen LogP contribution in [0.4, 0.5) is 11.4 Å². The summed E-state index contributed by atoms with van der Waals surface area (Å²) in [4.78, 5) is 0. The van der Waals surface area contributed by atoms with E-state index in [1.165, 1.54) is 32.9 Å². The van der Waals surface area contributed by atoms with Gasteiger partial charge < -0.3 is 20.6 Å². The summed E-state index contributed by atoms with van der Waals surface area (Å²) in [5.41, 5.74) is 20.2. The van der Waals surface area contributed by atoms with Crippen molar-refractivity contribution in [3.63, 3.8) is 0 Å². The van der Waals surface area contributed by atoms with Crippen molar-refractivity contribution in [1.82, 2.24) is 9.13 Å². The third-order valence-corrected chi connectivity index (χ3v) is 6.06. The molecule has 32 heavy (non-hydrogen) atoms. The molecular weight excluding hydrogens is 392 g/mol. The van der Waals surface area contributed by atoms with Crippen LogP contribution in [0.5, 0.6) is 0 Å². The number of nitrogens with two attached hydrogens (primary N) is 2. The normalized spacial score (nSPS) is 11.4. The van der Waals surface area contributed by atoms with Crippen molar-refractivity contribution in [2.24, 2.45) is 0 Å². The molecule has 0 aliphatic heterocycles. The molecule has 0 amide bonds. The van der Waals surface area contributed by atoms with E-state index in [4.69, 9.17) is 11.5 Å². The minimum absolute atomic E-state index is 0.771. The molecule has 0 spiro atoms. The minimum Gasteiger partial charge on any atom is -0.399 e. The molecule has 4 heteroatoms. The van der Waals surface area contributed by atoms with Crippen LogP contribution >= 0.6 is 0 Å². The molecule has 4 N–H and O–H groups in total. The highest BCUT2D eigenvalue weighted by Crippen LogP contribution is 2.30. The first-order chi connectivity index (χ1) is 15.7. The van der Waals surface area contributed by atoms with Gasteiger partial charge in [-0.1, -0.05) is 12.1 Å². The Hall–Kier alpha value is -4.44. The third kappa shape index (κ3) is 3.01. The largest absolute Gasteiger partial charge is 0.399 e. The number of fused-ring (bicyclic) bond motifs is 2. The van der Waals surface area contributed by atoms with Crippen LogP contribution in [-0.4, -0.2) is 9.13 Å². The van der Waals surface area contributed by atoms with Crippen LogP contribution in [-0.2, 0) is 0 Å². The lowest BCUT2D eigenvalue weighted by Crippen LogP contribution is -1.93. The average molecular weight is 415 g/mol. The molecule has 6 rings (SSSR count). The van der Waals surface area contributed by atoms with Crippen LogP contribution < -0.4 is 11.5 Å². The molecule has 4 nitrogen and oxygen atoms in total. The third-order valence-electron chi connectivity index (χ3n) is 6.06. The van der Waals surface area contributed by atoms with Gasteiger partial charge in [-0.15, -0.1) is 0 Å². The van der Waals surface area contributed by atoms with E-state index >= 15 is 0 Å². The molecule has 0 saturated heterocycles. The van der Waals surface area contributed by atoms with E-state index in [1.54, 1.807) is 0 Å². The number of nitrogens with zero attached hydrogens (tertiary/aromatic N) is 2. The summed E-state index contributed by atoms with van der Waals surface area (Å²) in [5.74, 6) is 0. The summed E-state index contributed by atoms with van der Waals surface area (Å²) in [6.45, 7) is 0. The molecule has 2 heterocycles. The second-order valence-corrected chi connectivity index (χ2v) is 8.10. The highest BCUT2D eigenvalue weighted by Gasteiger charge is 2.08. The molecule has 0 saturated carbocycles. The average Bonchev–Trinajstić information content (AvgIpc) is 3.44. The highest BCUT2D eigenvalue weighted by atomic mass is 15.0. The van der Waals surface area contributed by atoms with Gasteiger partial charge in [0.15, 0.2) is 0 Å². The summed E-state index contributed by atoms with van der Waals surface area (Å²) in [5, 5.41) is 2.41. The van der Waals surface area contributed by atoms with Gasteiger partial charge in [0, 0.05) is 45.9 Å². The van der Waals surface area contributed by atoms with Crippen molar-refractivity contribution in [2.45, 2.75) is 0 Å². The zero-order valence-electron chi connectivity index (χ0n) is 17.4. The Bertz CT molecular complexity index is 1450. The number of nitrogen functional groups attached to an aromatic ring is 2. The van der Waals surface area contributed by atoms with E-state index in [9.17, 15) is 0 Å². The van der Waals surface area contributed by atoms with Crippen LogP contribution in [0.3, 0.4) is 0 Å². The standard InChI is InChI=1S/C28H22N4/c29-23-3-7-25(8-4-23)31-15-13-21-17-19(1-11-27(21)31)20-2-12-28-22(18-20)14-16-32(28)26-9-5-24(30)6-10-26/h1-18H,29-30H2. The lowest BCUT2D eigenvalue weighted by atomic mass is 10.0. The molecule has 154 valence electrons. The Morgan fingerprint density at radius 3 is 1.25 bits per heavy atom. The van der Waals surface area contributed by atoms with Crippen LogP contribution in [0.2, 0.25) is 0 Å². The second kappa shape index (κ2) is 7.06. The Morgan fingerprint density at radius 2 is 0.844 bits per heavy atom. The van der Waals surface area contributed by atoms with Gasteiger partial charge >= 0.3 is 0 Å². The summed E-state index contributed by atoms with van der Waals surface area (Å²) in [6.07, 6.45) is 4.21. The van der Waals surface area contributed by atoms with Crippen molar-refractivity contribution in [3.05, 3.63) is 109 Å². The lowest BCUT2D eigenvalue weighted by molar-refractivity contribution is 1.13. The van der Waals surface area contributed by atoms with Gasteiger partial charge in [-0.3, -0.25) is 0 Å². The second-order valence-electron chi connectivity index (χ2n) is 8.10. The number of benzene rings is 4. The zero-order valence-corrected chi connectivity index (χ0v) is 17.4. The van der Waals surface area contributed by atoms with Crippen molar-refractivity contribution >= 4 is 33.2 Å². The van der Waals surface area contributed by atoms with Crippen molar-refractivity contribution in [3.8, 4) is 22.5 Å². The van der Waals surface area contributed by atoms with Crippen LogP contribution in [0.15, 0.2) is 109 Å². The molecule has 4 aromatic carbocycles. The molecule has 6 aromatic rings. The van der Waals surface area contributed by atoms with Gasteiger partial charge in [0.25, 0.3) is 0 Å². The first-order valence-electron chi connectivity index (χ1n) is 10.6. The topological polar surface area (TPSA) is 61.9 Å². The van der Waals surface area contributed by atoms with E-state index in [2.05, 4.69) is 70.1 Å². The molecule has 0 atom stereocenters. The number of hydrogen-bond donors (Lipinski definition) is 2. The molecule has 0 aliphatic rings. The van der Waals surface area contributed by atoms with Gasteiger partial charge in [-0.2, -0.15) is 0 Å². The smallest absolute Gasteiger partial charge is 0.0528 e. The molecule has 0 aliphatic carbocycles. The first kappa shape index (κ1) is 18.3. The molecule has 0 radical (unpaired) electrons. The Labute approximate surface area is 185 Å². The predicted octanol–water partition coefficient (Wildman–Crippen LogP) is 6.41. The van der Waals surface area contributed by atoms with Gasteiger partial charge in [0.1, 0.15) is 0 Å². The lowest BCUT2D eigenvalue weighted by Gasteiger charge is -2.09. The van der Waals surface area contributed by atoms with Gasteiger partial charge in [-0.05, 0) is 96.1 Å². The summed E-state index contributed by atoms with van der Waals surface area (Å²) >= 11 is 0. The SMILES string of the molecule is Nc1ccc(-n2ccc3cc(-c4ccc5c(ccn5-c5ccc(N)cc5)c4)ccc32)cc1. The predicted molar refractivity (Wildman–Crippen MR) is 134 cm³/mol. The minimum atomic E-state index is 0.771. The highest BCUT2D eigenvalue weighted by molar-refractivity contribution is 5.91. The zero-order chi connectivity index (χ0) is 21.7. The van der Waals surface area contributed by atoms with Crippen LogP contribution in [0.25, 0.3) is 44.3 Å². The van der Waals surface area contributed by atoms with Crippen LogP contribution in [0.1, 0.15) is 0 Å². The van der Waals surface area contributed by atoms with Crippen molar-refractivity contribution in [2.75, 3.05) is 11.5 Å². The molecular formula is C28H22N4. The Balaban J connectivity index is 1.38. The van der Waals surface area contributed by atoms with E-state index in [0.29, 0.717) is 0 Å². The molecule has 0 unspecified atom stereocenters. The number of anilines is 2. The summed E-state index contributed by atoms with van der Waals surface area (Å²) in [6, 6.07) is 33.5. The Morgan fingerprint density at radius 1 is 0.438 bits per heavy atom. The fourth-order valence-electron chi connectivity index (χ4n) is 4.36. The Kier molecular flexibility index (Phi) is 4.05. The van der Waals surface area contributed by atoms with E-state index in [1.807, 2.05) is 48.5 Å². The number of aromatic nitrogens is 2. The van der Waals surface area contributed by atoms with E-state index < -0.39 is 0 Å². The maximum Gasteiger partial charge on any atom is 0.0528 e. The quantitative estimate of drug-likeness (QED) is 0.329. The molecule has 0 fully saturated rings. The number of hydrogen-bond acceptors (Lipinski definition) is 2. The van der Waals surface area contributed by atoms with E-state index in [-0.39, 0.29) is 0 Å². The summed E-state index contributed by atoms with van der Waals surface area (Å²) < 4.78 is 4.38. The van der Waals surface area contributed by atoms with Crippen molar-refractivity contribution in [1.29, 1.82) is 0 Å². The first-order valence-corrected chi connectivity index (χ1v) is 10.6. The van der Waals surface area contributed by atoms with Gasteiger partial charge in [-0.25, -0.2) is 0 Å².